The van der Waals surface area contributed by atoms with Crippen molar-refractivity contribution in [3.63, 3.8) is 0 Å². The Morgan fingerprint density at radius 1 is 1.09 bits per heavy atom. The molecule has 3 nitrogen and oxygen atoms in total. The van der Waals surface area contributed by atoms with Gasteiger partial charge in [0, 0.05) is 18.2 Å². The quantitative estimate of drug-likeness (QED) is 0.783. The molecule has 22 heavy (non-hydrogen) atoms. The van der Waals surface area contributed by atoms with Crippen LogP contribution in [-0.4, -0.2) is 11.0 Å². The van der Waals surface area contributed by atoms with Gasteiger partial charge >= 0.3 is 0 Å². The zero-order valence-electron chi connectivity index (χ0n) is 12.6. The minimum absolute atomic E-state index is 0.462. The van der Waals surface area contributed by atoms with Gasteiger partial charge in [0.05, 0.1) is 0 Å². The van der Waals surface area contributed by atoms with E-state index in [0.717, 1.165) is 17.1 Å². The van der Waals surface area contributed by atoms with Crippen LogP contribution in [-0.2, 0) is 6.61 Å². The lowest BCUT2D eigenvalue weighted by atomic mass is 9.95. The van der Waals surface area contributed by atoms with Crippen LogP contribution in [0.4, 0.5) is 5.82 Å². The molecule has 1 N–H and O–H groups in total. The Labute approximate surface area is 136 Å². The number of halogens is 1. The fraction of sp³-hybridized carbons (Fsp3) is 0.389. The van der Waals surface area contributed by atoms with Gasteiger partial charge < -0.3 is 10.1 Å². The van der Waals surface area contributed by atoms with Crippen molar-refractivity contribution in [2.45, 2.75) is 44.8 Å². The van der Waals surface area contributed by atoms with Crippen molar-refractivity contribution >= 4 is 17.4 Å². The average Bonchev–Trinajstić information content (AvgIpc) is 2.54. The second-order valence-electron chi connectivity index (χ2n) is 5.76. The van der Waals surface area contributed by atoms with Crippen LogP contribution < -0.4 is 10.1 Å². The van der Waals surface area contributed by atoms with E-state index < -0.39 is 0 Å². The maximum absolute atomic E-state index is 6.12. The van der Waals surface area contributed by atoms with E-state index in [9.17, 15) is 0 Å². The maximum atomic E-state index is 6.12. The summed E-state index contributed by atoms with van der Waals surface area (Å²) in [6.07, 6.45) is 6.32. The molecule has 0 bridgehead atoms. The molecule has 0 amide bonds. The van der Waals surface area contributed by atoms with Gasteiger partial charge in [-0.05, 0) is 18.4 Å². The fourth-order valence-electron chi connectivity index (χ4n) is 2.83. The maximum Gasteiger partial charge on any atom is 0.135 e. The summed E-state index contributed by atoms with van der Waals surface area (Å²) in [7, 11) is 0. The first-order valence-corrected chi connectivity index (χ1v) is 8.28. The number of pyridine rings is 1. The molecule has 4 heteroatoms. The molecule has 2 aromatic rings. The number of aromatic nitrogens is 1. The van der Waals surface area contributed by atoms with Crippen LogP contribution in [0.5, 0.6) is 5.75 Å². The Balaban J connectivity index is 1.64. The van der Waals surface area contributed by atoms with Gasteiger partial charge in [-0.25, -0.2) is 4.98 Å². The number of benzene rings is 1. The molecule has 0 atom stereocenters. The molecule has 1 heterocycles. The normalized spacial score (nSPS) is 15.5. The third-order valence-corrected chi connectivity index (χ3v) is 4.17. The smallest absolute Gasteiger partial charge is 0.135 e. The molecule has 1 aliphatic carbocycles. The Morgan fingerprint density at radius 3 is 2.64 bits per heavy atom. The van der Waals surface area contributed by atoms with Crippen LogP contribution in [0.15, 0.2) is 42.5 Å². The molecular formula is C18H21ClN2O. The minimum atomic E-state index is 0.462. The highest BCUT2D eigenvalue weighted by atomic mass is 35.5. The summed E-state index contributed by atoms with van der Waals surface area (Å²) < 4.78 is 5.84. The van der Waals surface area contributed by atoms with E-state index in [-0.39, 0.29) is 0 Å². The van der Waals surface area contributed by atoms with Crippen LogP contribution in [0.1, 0.15) is 37.7 Å². The standard InChI is InChI=1S/C18H21ClN2O/c19-17-11-16(22-13-14-7-3-1-4-8-14)12-18(21-17)20-15-9-5-2-6-10-15/h1,3-4,7-8,11-12,15H,2,5-6,9-10,13H2,(H,20,21). The molecule has 0 aliphatic heterocycles. The van der Waals surface area contributed by atoms with Gasteiger partial charge in [-0.2, -0.15) is 0 Å². The summed E-state index contributed by atoms with van der Waals surface area (Å²) in [5.41, 5.74) is 1.14. The van der Waals surface area contributed by atoms with Crippen molar-refractivity contribution in [2.24, 2.45) is 0 Å². The second-order valence-corrected chi connectivity index (χ2v) is 6.15. The number of hydrogen-bond acceptors (Lipinski definition) is 3. The van der Waals surface area contributed by atoms with Crippen molar-refractivity contribution in [3.8, 4) is 5.75 Å². The Kier molecular flexibility index (Phi) is 5.17. The molecule has 0 saturated heterocycles. The summed E-state index contributed by atoms with van der Waals surface area (Å²) in [5, 5.41) is 3.95. The van der Waals surface area contributed by atoms with Gasteiger partial charge in [0.25, 0.3) is 0 Å². The molecule has 1 aliphatic rings. The summed E-state index contributed by atoms with van der Waals surface area (Å²) in [5.74, 6) is 1.56. The lowest BCUT2D eigenvalue weighted by Crippen LogP contribution is -2.22. The van der Waals surface area contributed by atoms with E-state index in [1.165, 1.54) is 32.1 Å². The highest BCUT2D eigenvalue weighted by Crippen LogP contribution is 2.25. The van der Waals surface area contributed by atoms with Crippen molar-refractivity contribution < 1.29 is 4.74 Å². The van der Waals surface area contributed by atoms with E-state index in [4.69, 9.17) is 16.3 Å². The van der Waals surface area contributed by atoms with Crippen molar-refractivity contribution in [1.82, 2.24) is 4.98 Å². The molecule has 1 aromatic heterocycles. The Hall–Kier alpha value is -1.74. The van der Waals surface area contributed by atoms with Crippen molar-refractivity contribution in [2.75, 3.05) is 5.32 Å². The number of anilines is 1. The molecule has 1 aromatic carbocycles. The van der Waals surface area contributed by atoms with Gasteiger partial charge in [0.15, 0.2) is 0 Å². The lowest BCUT2D eigenvalue weighted by Gasteiger charge is -2.23. The van der Waals surface area contributed by atoms with E-state index in [1.54, 1.807) is 6.07 Å². The zero-order valence-corrected chi connectivity index (χ0v) is 13.4. The summed E-state index contributed by atoms with van der Waals surface area (Å²) in [6.45, 7) is 0.532. The first-order chi connectivity index (χ1) is 10.8. The van der Waals surface area contributed by atoms with Gasteiger partial charge in [-0.3, -0.25) is 0 Å². The zero-order chi connectivity index (χ0) is 15.2. The van der Waals surface area contributed by atoms with Crippen LogP contribution >= 0.6 is 11.6 Å². The molecule has 1 fully saturated rings. The number of nitrogens with one attached hydrogen (secondary N) is 1. The van der Waals surface area contributed by atoms with Gasteiger partial charge in [0.1, 0.15) is 23.3 Å². The summed E-state index contributed by atoms with van der Waals surface area (Å²) in [4.78, 5) is 4.36. The minimum Gasteiger partial charge on any atom is -0.489 e. The highest BCUT2D eigenvalue weighted by molar-refractivity contribution is 6.29. The number of rotatable bonds is 5. The largest absolute Gasteiger partial charge is 0.489 e. The Morgan fingerprint density at radius 2 is 1.86 bits per heavy atom. The van der Waals surface area contributed by atoms with Crippen LogP contribution in [0.2, 0.25) is 5.15 Å². The highest BCUT2D eigenvalue weighted by Gasteiger charge is 2.14. The third kappa shape index (κ3) is 4.38. The lowest BCUT2D eigenvalue weighted by molar-refractivity contribution is 0.306. The predicted molar refractivity (Wildman–Crippen MR) is 90.5 cm³/mol. The third-order valence-electron chi connectivity index (χ3n) is 3.97. The van der Waals surface area contributed by atoms with Crippen LogP contribution in [0.25, 0.3) is 0 Å². The van der Waals surface area contributed by atoms with Crippen LogP contribution in [0, 0.1) is 0 Å². The van der Waals surface area contributed by atoms with Crippen molar-refractivity contribution in [1.29, 1.82) is 0 Å². The van der Waals surface area contributed by atoms with Gasteiger partial charge in [-0.1, -0.05) is 61.2 Å². The van der Waals surface area contributed by atoms with E-state index >= 15 is 0 Å². The molecule has 1 saturated carbocycles. The van der Waals surface area contributed by atoms with E-state index in [2.05, 4.69) is 10.3 Å². The van der Waals surface area contributed by atoms with Crippen molar-refractivity contribution in [3.05, 3.63) is 53.2 Å². The molecule has 0 unspecified atom stereocenters. The molecule has 0 radical (unpaired) electrons. The Bertz CT molecular complexity index is 597. The summed E-state index contributed by atoms with van der Waals surface area (Å²) in [6, 6.07) is 14.3. The SMILES string of the molecule is Clc1cc(OCc2ccccc2)cc(NC2CCCCC2)n1. The molecule has 116 valence electrons. The number of hydrogen-bond donors (Lipinski definition) is 1. The molecular weight excluding hydrogens is 296 g/mol. The first-order valence-electron chi connectivity index (χ1n) is 7.90. The van der Waals surface area contributed by atoms with Crippen LogP contribution in [0.3, 0.4) is 0 Å². The molecule has 3 rings (SSSR count). The number of nitrogens with zero attached hydrogens (tertiary/aromatic N) is 1. The second kappa shape index (κ2) is 7.50. The average molecular weight is 317 g/mol. The topological polar surface area (TPSA) is 34.1 Å². The number of ether oxygens (including phenoxy) is 1. The van der Waals surface area contributed by atoms with E-state index in [0.29, 0.717) is 17.8 Å². The monoisotopic (exact) mass is 316 g/mol. The van der Waals surface area contributed by atoms with Gasteiger partial charge in [-0.15, -0.1) is 0 Å². The van der Waals surface area contributed by atoms with E-state index in [1.807, 2.05) is 36.4 Å². The predicted octanol–water partition coefficient (Wildman–Crippen LogP) is 5.06. The first kappa shape index (κ1) is 15.2. The fourth-order valence-corrected chi connectivity index (χ4v) is 3.03. The molecule has 0 spiro atoms. The summed E-state index contributed by atoms with van der Waals surface area (Å²) >= 11 is 6.12. The van der Waals surface area contributed by atoms with Gasteiger partial charge in [0.2, 0.25) is 0 Å².